The van der Waals surface area contributed by atoms with Gasteiger partial charge in [0.2, 0.25) is 0 Å². The minimum Gasteiger partial charge on any atom is -0.496 e. The average Bonchev–Trinajstić information content (AvgIpc) is 3.19. The molecular formula is C30H34N4O3. The van der Waals surface area contributed by atoms with Gasteiger partial charge in [0.05, 0.1) is 18.7 Å². The number of methoxy groups -OCH3 is 1. The third kappa shape index (κ3) is 5.17. The fourth-order valence-electron chi connectivity index (χ4n) is 5.79. The Morgan fingerprint density at radius 3 is 2.35 bits per heavy atom. The van der Waals surface area contributed by atoms with Crippen LogP contribution >= 0.6 is 0 Å². The van der Waals surface area contributed by atoms with Gasteiger partial charge in [-0.25, -0.2) is 4.98 Å². The van der Waals surface area contributed by atoms with E-state index in [1.165, 1.54) is 0 Å². The predicted molar refractivity (Wildman–Crippen MR) is 144 cm³/mol. The molecule has 0 unspecified atom stereocenters. The number of nitrogens with one attached hydrogen (secondary N) is 2. The molecule has 2 aliphatic rings. The number of hydrogen-bond donors (Lipinski definition) is 2. The quantitative estimate of drug-likeness (QED) is 0.488. The topological polar surface area (TPSA) is 83.6 Å². The molecule has 0 aliphatic carbocycles. The highest BCUT2D eigenvalue weighted by atomic mass is 16.5. The number of aromatic nitrogens is 1. The standard InChI is InChI=1S/C30H34N4O3/c1-19-26(10-7-11-27(19)37-3)30(36)33-23-16-24-13-14-25(17-23)34(24)28-15-12-22(18-31-28)29(35)32-20(2)21-8-5-4-6-9-21/h4-12,15,18,20,23-25H,13-14,16-17H2,1-3H3,(H,32,35)(H,33,36)/t20-,23-,24+,25-/m0/s1. The van der Waals surface area contributed by atoms with Crippen molar-refractivity contribution in [1.82, 2.24) is 15.6 Å². The van der Waals surface area contributed by atoms with Crippen LogP contribution in [0, 0.1) is 6.92 Å². The first kappa shape index (κ1) is 24.8. The Bertz CT molecular complexity index is 1250. The van der Waals surface area contributed by atoms with Crippen LogP contribution in [0.3, 0.4) is 0 Å². The van der Waals surface area contributed by atoms with E-state index < -0.39 is 0 Å². The molecule has 1 aromatic heterocycles. The van der Waals surface area contributed by atoms with Crippen LogP contribution in [0.2, 0.25) is 0 Å². The number of rotatable bonds is 7. The lowest BCUT2D eigenvalue weighted by Gasteiger charge is -2.40. The molecule has 37 heavy (non-hydrogen) atoms. The summed E-state index contributed by atoms with van der Waals surface area (Å²) in [6, 6.07) is 20.0. The number of anilines is 1. The van der Waals surface area contributed by atoms with E-state index in [-0.39, 0.29) is 23.9 Å². The highest BCUT2D eigenvalue weighted by molar-refractivity contribution is 5.96. The first-order valence-corrected chi connectivity index (χ1v) is 13.0. The molecule has 3 aromatic rings. The second kappa shape index (κ2) is 10.6. The van der Waals surface area contributed by atoms with Gasteiger partial charge < -0.3 is 20.3 Å². The molecule has 5 rings (SSSR count). The molecule has 7 nitrogen and oxygen atoms in total. The van der Waals surface area contributed by atoms with Gasteiger partial charge in [-0.3, -0.25) is 9.59 Å². The predicted octanol–water partition coefficient (Wildman–Crippen LogP) is 4.82. The highest BCUT2D eigenvalue weighted by Crippen LogP contribution is 2.38. The SMILES string of the molecule is COc1cccc(C(=O)N[C@H]2C[C@H]3CC[C@@H](C2)N3c2ccc(C(=O)N[C@@H](C)c3ccccc3)cn2)c1C. The number of hydrogen-bond acceptors (Lipinski definition) is 5. The molecule has 2 aromatic carbocycles. The van der Waals surface area contributed by atoms with Crippen molar-refractivity contribution in [1.29, 1.82) is 0 Å². The molecule has 2 bridgehead atoms. The Morgan fingerprint density at radius 2 is 1.70 bits per heavy atom. The normalized spacial score (nSPS) is 21.3. The molecule has 7 heteroatoms. The number of nitrogens with zero attached hydrogens (tertiary/aromatic N) is 2. The summed E-state index contributed by atoms with van der Waals surface area (Å²) in [4.78, 5) is 32.9. The zero-order valence-electron chi connectivity index (χ0n) is 21.6. The minimum atomic E-state index is -0.132. The summed E-state index contributed by atoms with van der Waals surface area (Å²) in [6.07, 6.45) is 5.58. The Kier molecular flexibility index (Phi) is 7.12. The number of amides is 2. The lowest BCUT2D eigenvalue weighted by atomic mass is 9.96. The number of benzene rings is 2. The van der Waals surface area contributed by atoms with Crippen LogP contribution in [0.5, 0.6) is 5.75 Å². The first-order valence-electron chi connectivity index (χ1n) is 13.0. The molecule has 2 N–H and O–H groups in total. The van der Waals surface area contributed by atoms with Gasteiger partial charge in [0.25, 0.3) is 11.8 Å². The van der Waals surface area contributed by atoms with E-state index in [2.05, 4.69) is 20.5 Å². The molecule has 0 radical (unpaired) electrons. The Hall–Kier alpha value is -3.87. The summed E-state index contributed by atoms with van der Waals surface area (Å²) < 4.78 is 5.38. The van der Waals surface area contributed by atoms with Gasteiger partial charge in [-0.05, 0) is 69.4 Å². The van der Waals surface area contributed by atoms with Crippen molar-refractivity contribution >= 4 is 17.6 Å². The fourth-order valence-corrected chi connectivity index (χ4v) is 5.79. The van der Waals surface area contributed by atoms with Crippen LogP contribution in [0.15, 0.2) is 66.9 Å². The lowest BCUT2D eigenvalue weighted by Crippen LogP contribution is -2.50. The smallest absolute Gasteiger partial charge is 0.253 e. The Morgan fingerprint density at radius 1 is 0.973 bits per heavy atom. The first-order chi connectivity index (χ1) is 17.9. The van der Waals surface area contributed by atoms with Gasteiger partial charge in [-0.1, -0.05) is 36.4 Å². The van der Waals surface area contributed by atoms with E-state index in [9.17, 15) is 9.59 Å². The average molecular weight is 499 g/mol. The molecular weight excluding hydrogens is 464 g/mol. The molecule has 3 heterocycles. The van der Waals surface area contributed by atoms with E-state index in [4.69, 9.17) is 4.74 Å². The maximum atomic E-state index is 13.0. The molecule has 192 valence electrons. The van der Waals surface area contributed by atoms with Gasteiger partial charge in [-0.15, -0.1) is 0 Å². The summed E-state index contributed by atoms with van der Waals surface area (Å²) in [5.41, 5.74) is 3.13. The van der Waals surface area contributed by atoms with Crippen molar-refractivity contribution in [2.24, 2.45) is 0 Å². The second-order valence-corrected chi connectivity index (χ2v) is 10.1. The van der Waals surface area contributed by atoms with Crippen LogP contribution in [0.25, 0.3) is 0 Å². The number of pyridine rings is 1. The van der Waals surface area contributed by atoms with Gasteiger partial charge >= 0.3 is 0 Å². The zero-order chi connectivity index (χ0) is 25.9. The van der Waals surface area contributed by atoms with Gasteiger partial charge in [-0.2, -0.15) is 0 Å². The molecule has 4 atom stereocenters. The van der Waals surface area contributed by atoms with E-state index in [1.54, 1.807) is 13.3 Å². The molecule has 2 aliphatic heterocycles. The van der Waals surface area contributed by atoms with Crippen LogP contribution in [-0.4, -0.2) is 42.0 Å². The van der Waals surface area contributed by atoms with Crippen molar-refractivity contribution in [3.05, 3.63) is 89.1 Å². The molecule has 0 spiro atoms. The summed E-state index contributed by atoms with van der Waals surface area (Å²) >= 11 is 0. The summed E-state index contributed by atoms with van der Waals surface area (Å²) in [6.45, 7) is 3.89. The number of piperidine rings is 1. The van der Waals surface area contributed by atoms with Crippen LogP contribution in [0.1, 0.15) is 70.5 Å². The monoisotopic (exact) mass is 498 g/mol. The maximum absolute atomic E-state index is 13.0. The van der Waals surface area contributed by atoms with Crippen LogP contribution < -0.4 is 20.3 Å². The lowest BCUT2D eigenvalue weighted by molar-refractivity contribution is 0.0922. The summed E-state index contributed by atoms with van der Waals surface area (Å²) in [5.74, 6) is 1.44. The van der Waals surface area contributed by atoms with Crippen molar-refractivity contribution in [2.45, 2.75) is 63.7 Å². The van der Waals surface area contributed by atoms with E-state index >= 15 is 0 Å². The van der Waals surface area contributed by atoms with E-state index in [0.717, 1.165) is 48.4 Å². The van der Waals surface area contributed by atoms with Crippen molar-refractivity contribution in [3.63, 3.8) is 0 Å². The van der Waals surface area contributed by atoms with E-state index in [0.29, 0.717) is 23.2 Å². The third-order valence-electron chi connectivity index (χ3n) is 7.74. The zero-order valence-corrected chi connectivity index (χ0v) is 21.6. The second-order valence-electron chi connectivity index (χ2n) is 10.1. The highest BCUT2D eigenvalue weighted by Gasteiger charge is 2.42. The van der Waals surface area contributed by atoms with Crippen LogP contribution in [-0.2, 0) is 0 Å². The number of ether oxygens (including phenoxy) is 1. The number of carbonyl (C=O) groups excluding carboxylic acids is 2. The summed E-state index contributed by atoms with van der Waals surface area (Å²) in [5, 5.41) is 6.31. The molecule has 0 saturated carbocycles. The maximum Gasteiger partial charge on any atom is 0.253 e. The van der Waals surface area contributed by atoms with Crippen molar-refractivity contribution in [2.75, 3.05) is 12.0 Å². The fraction of sp³-hybridized carbons (Fsp3) is 0.367. The molecule has 2 fully saturated rings. The van der Waals surface area contributed by atoms with Crippen molar-refractivity contribution in [3.8, 4) is 5.75 Å². The van der Waals surface area contributed by atoms with Crippen molar-refractivity contribution < 1.29 is 14.3 Å². The minimum absolute atomic E-state index is 0.0486. The Balaban J connectivity index is 1.21. The van der Waals surface area contributed by atoms with Gasteiger partial charge in [0.15, 0.2) is 0 Å². The molecule has 2 saturated heterocycles. The number of fused-ring (bicyclic) bond motifs is 2. The van der Waals surface area contributed by atoms with Crippen LogP contribution in [0.4, 0.5) is 5.82 Å². The molecule has 2 amide bonds. The Labute approximate surface area is 218 Å². The van der Waals surface area contributed by atoms with Gasteiger partial charge in [0, 0.05) is 35.4 Å². The summed E-state index contributed by atoms with van der Waals surface area (Å²) in [7, 11) is 1.62. The van der Waals surface area contributed by atoms with Gasteiger partial charge in [0.1, 0.15) is 11.6 Å². The largest absolute Gasteiger partial charge is 0.496 e. The van der Waals surface area contributed by atoms with E-state index in [1.807, 2.05) is 74.5 Å². The number of carbonyl (C=O) groups is 2. The third-order valence-corrected chi connectivity index (χ3v) is 7.74.